The van der Waals surface area contributed by atoms with Crippen LogP contribution < -0.4 is 16.4 Å². The van der Waals surface area contributed by atoms with E-state index in [0.29, 0.717) is 13.0 Å². The molecule has 3 rings (SSSR count). The maximum atomic E-state index is 12.1. The van der Waals surface area contributed by atoms with Gasteiger partial charge in [0.05, 0.1) is 6.54 Å². The summed E-state index contributed by atoms with van der Waals surface area (Å²) in [5.74, 6) is -0.462. The van der Waals surface area contributed by atoms with E-state index in [0.717, 1.165) is 0 Å². The lowest BCUT2D eigenvalue weighted by Gasteiger charge is -2.20. The summed E-state index contributed by atoms with van der Waals surface area (Å²) in [7, 11) is 0. The Hall–Kier alpha value is -2.58. The first-order chi connectivity index (χ1) is 9.00. The number of anilines is 1. The quantitative estimate of drug-likeness (QED) is 0.454. The Morgan fingerprint density at radius 3 is 2.84 bits per heavy atom. The molecule has 0 bridgehead atoms. The highest BCUT2D eigenvalue weighted by Gasteiger charge is 2.51. The lowest BCUT2D eigenvalue weighted by atomic mass is 10.00. The van der Waals surface area contributed by atoms with Crippen molar-refractivity contribution < 1.29 is 14.4 Å². The minimum atomic E-state index is -1.00. The molecule has 1 atom stereocenters. The van der Waals surface area contributed by atoms with E-state index in [1.807, 2.05) is 0 Å². The summed E-state index contributed by atoms with van der Waals surface area (Å²) in [5.41, 5.74) is 4.70. The number of nitrogens with two attached hydrogens (primary N) is 1. The van der Waals surface area contributed by atoms with Crippen molar-refractivity contribution in [1.82, 2.24) is 25.7 Å². The van der Waals surface area contributed by atoms with Gasteiger partial charge in [-0.3, -0.25) is 20.0 Å². The van der Waals surface area contributed by atoms with Crippen molar-refractivity contribution in [2.75, 3.05) is 18.8 Å². The largest absolute Gasteiger partial charge is 0.382 e. The van der Waals surface area contributed by atoms with Crippen molar-refractivity contribution >= 4 is 23.7 Å². The number of carbonyl (C=O) groups is 3. The number of carbonyl (C=O) groups excluding carboxylic acids is 3. The van der Waals surface area contributed by atoms with E-state index in [4.69, 9.17) is 5.73 Å². The van der Waals surface area contributed by atoms with Gasteiger partial charge in [-0.25, -0.2) is 4.79 Å². The Bertz CT molecular complexity index is 582. The zero-order valence-corrected chi connectivity index (χ0v) is 9.90. The SMILES string of the molecule is Nc1cc(C(=O)N2CCC3(C2)NC(=O)NC3=O)[nH]n1. The molecule has 1 spiro atoms. The number of aromatic amines is 1. The second-order valence-corrected chi connectivity index (χ2v) is 4.67. The number of hydrogen-bond donors (Lipinski definition) is 4. The van der Waals surface area contributed by atoms with E-state index in [9.17, 15) is 14.4 Å². The molecule has 0 aliphatic carbocycles. The molecular formula is C10H12N6O3. The smallest absolute Gasteiger partial charge is 0.322 e. The molecule has 9 heteroatoms. The molecule has 3 heterocycles. The van der Waals surface area contributed by atoms with Crippen LogP contribution in [0.25, 0.3) is 0 Å². The van der Waals surface area contributed by atoms with Gasteiger partial charge < -0.3 is 16.0 Å². The maximum absolute atomic E-state index is 12.1. The van der Waals surface area contributed by atoms with Gasteiger partial charge in [-0.15, -0.1) is 0 Å². The van der Waals surface area contributed by atoms with Gasteiger partial charge in [0.25, 0.3) is 11.8 Å². The fraction of sp³-hybridized carbons (Fsp3) is 0.400. The summed E-state index contributed by atoms with van der Waals surface area (Å²) in [6.07, 6.45) is 0.389. The van der Waals surface area contributed by atoms with E-state index in [-0.39, 0.29) is 24.0 Å². The van der Waals surface area contributed by atoms with Crippen LogP contribution in [0.3, 0.4) is 0 Å². The highest BCUT2D eigenvalue weighted by atomic mass is 16.2. The summed E-state index contributed by atoms with van der Waals surface area (Å²) < 4.78 is 0. The van der Waals surface area contributed by atoms with Crippen molar-refractivity contribution in [3.8, 4) is 0 Å². The van der Waals surface area contributed by atoms with Gasteiger partial charge in [0.2, 0.25) is 0 Å². The third-order valence-corrected chi connectivity index (χ3v) is 3.40. The second-order valence-electron chi connectivity index (χ2n) is 4.67. The molecule has 1 unspecified atom stereocenters. The predicted octanol–water partition coefficient (Wildman–Crippen LogP) is -1.58. The van der Waals surface area contributed by atoms with Gasteiger partial charge in [-0.1, -0.05) is 0 Å². The van der Waals surface area contributed by atoms with Gasteiger partial charge in [-0.2, -0.15) is 5.10 Å². The number of hydrogen-bond acceptors (Lipinski definition) is 5. The van der Waals surface area contributed by atoms with Crippen molar-refractivity contribution in [2.24, 2.45) is 0 Å². The van der Waals surface area contributed by atoms with Crippen LogP contribution >= 0.6 is 0 Å². The van der Waals surface area contributed by atoms with Gasteiger partial charge >= 0.3 is 6.03 Å². The summed E-state index contributed by atoms with van der Waals surface area (Å²) in [4.78, 5) is 36.6. The van der Waals surface area contributed by atoms with Gasteiger partial charge in [0.15, 0.2) is 0 Å². The number of likely N-dealkylation sites (tertiary alicyclic amines) is 1. The number of nitrogen functional groups attached to an aromatic ring is 1. The molecule has 2 aliphatic rings. The molecule has 0 radical (unpaired) electrons. The number of H-pyrrole nitrogens is 1. The Balaban J connectivity index is 1.78. The van der Waals surface area contributed by atoms with E-state index in [1.54, 1.807) is 0 Å². The molecule has 9 nitrogen and oxygen atoms in total. The van der Waals surface area contributed by atoms with Crippen LogP contribution in [0, 0.1) is 0 Å². The summed E-state index contributed by atoms with van der Waals surface area (Å²) in [5, 5.41) is 11.0. The van der Waals surface area contributed by atoms with Crippen LogP contribution in [0.2, 0.25) is 0 Å². The van der Waals surface area contributed by atoms with E-state index >= 15 is 0 Å². The summed E-state index contributed by atoms with van der Waals surface area (Å²) >= 11 is 0. The number of aromatic nitrogens is 2. The minimum Gasteiger partial charge on any atom is -0.382 e. The highest BCUT2D eigenvalue weighted by molar-refractivity contribution is 6.08. The number of nitrogens with zero attached hydrogens (tertiary/aromatic N) is 2. The van der Waals surface area contributed by atoms with Crippen LogP contribution in [0.5, 0.6) is 0 Å². The predicted molar refractivity (Wildman–Crippen MR) is 62.9 cm³/mol. The first-order valence-electron chi connectivity index (χ1n) is 5.74. The zero-order valence-electron chi connectivity index (χ0n) is 9.90. The average molecular weight is 264 g/mol. The molecule has 1 aromatic heterocycles. The highest BCUT2D eigenvalue weighted by Crippen LogP contribution is 2.25. The molecule has 100 valence electrons. The molecule has 4 amide bonds. The lowest BCUT2D eigenvalue weighted by Crippen LogP contribution is -2.49. The summed E-state index contributed by atoms with van der Waals surface area (Å²) in [6, 6.07) is 0.908. The molecule has 0 saturated carbocycles. The van der Waals surface area contributed by atoms with E-state index in [2.05, 4.69) is 20.8 Å². The standard InChI is InChI=1S/C10H12N6O3/c11-6-3-5(14-15-6)7(17)16-2-1-10(4-16)8(18)12-9(19)13-10/h3H,1-2,4H2,(H3,11,14,15)(H2,12,13,18,19). The first kappa shape index (κ1) is 11.5. The molecule has 2 saturated heterocycles. The summed E-state index contributed by atoms with van der Waals surface area (Å²) in [6.45, 7) is 0.522. The normalized spacial score (nSPS) is 25.8. The van der Waals surface area contributed by atoms with Crippen molar-refractivity contribution in [1.29, 1.82) is 0 Å². The van der Waals surface area contributed by atoms with Gasteiger partial charge in [0.1, 0.15) is 17.1 Å². The third-order valence-electron chi connectivity index (χ3n) is 3.40. The molecular weight excluding hydrogens is 252 g/mol. The lowest BCUT2D eigenvalue weighted by molar-refractivity contribution is -0.123. The fourth-order valence-corrected chi connectivity index (χ4v) is 2.42. The Morgan fingerprint density at radius 2 is 2.26 bits per heavy atom. The Labute approximate surface area is 107 Å². The van der Waals surface area contributed by atoms with Crippen LogP contribution in [0.4, 0.5) is 10.6 Å². The van der Waals surface area contributed by atoms with Crippen molar-refractivity contribution in [3.63, 3.8) is 0 Å². The van der Waals surface area contributed by atoms with E-state index < -0.39 is 17.5 Å². The van der Waals surface area contributed by atoms with Crippen LogP contribution in [0.1, 0.15) is 16.9 Å². The maximum Gasteiger partial charge on any atom is 0.322 e. The van der Waals surface area contributed by atoms with Crippen LogP contribution in [-0.2, 0) is 4.79 Å². The Morgan fingerprint density at radius 1 is 1.47 bits per heavy atom. The monoisotopic (exact) mass is 264 g/mol. The number of urea groups is 1. The number of nitrogens with one attached hydrogen (secondary N) is 3. The minimum absolute atomic E-state index is 0.141. The molecule has 1 aromatic rings. The first-order valence-corrected chi connectivity index (χ1v) is 5.74. The number of rotatable bonds is 1. The number of amides is 4. The molecule has 5 N–H and O–H groups in total. The zero-order chi connectivity index (χ0) is 13.6. The fourth-order valence-electron chi connectivity index (χ4n) is 2.42. The average Bonchev–Trinajstić information content (AvgIpc) is 3.01. The van der Waals surface area contributed by atoms with E-state index in [1.165, 1.54) is 11.0 Å². The molecule has 19 heavy (non-hydrogen) atoms. The third kappa shape index (κ3) is 1.70. The Kier molecular flexibility index (Phi) is 2.24. The van der Waals surface area contributed by atoms with Gasteiger partial charge in [-0.05, 0) is 6.42 Å². The van der Waals surface area contributed by atoms with Gasteiger partial charge in [0, 0.05) is 12.6 Å². The van der Waals surface area contributed by atoms with Crippen molar-refractivity contribution in [2.45, 2.75) is 12.0 Å². The molecule has 2 aliphatic heterocycles. The van der Waals surface area contributed by atoms with Crippen molar-refractivity contribution in [3.05, 3.63) is 11.8 Å². The second kappa shape index (κ2) is 3.70. The topological polar surface area (TPSA) is 133 Å². The molecule has 2 fully saturated rings. The molecule has 0 aromatic carbocycles. The number of imide groups is 1. The van der Waals surface area contributed by atoms with Crippen LogP contribution in [0.15, 0.2) is 6.07 Å². The van der Waals surface area contributed by atoms with Crippen LogP contribution in [-0.4, -0.2) is 51.6 Å².